The van der Waals surface area contributed by atoms with Gasteiger partial charge in [-0.05, 0) is 31.9 Å². The molecule has 0 saturated heterocycles. The number of ketones is 1. The van der Waals surface area contributed by atoms with Crippen LogP contribution in [0.3, 0.4) is 0 Å². The minimum atomic E-state index is -0.830. The monoisotopic (exact) mass is 267 g/mol. The summed E-state index contributed by atoms with van der Waals surface area (Å²) in [5, 5.41) is 3.09. The van der Waals surface area contributed by atoms with Crippen LogP contribution in [0.25, 0.3) is 0 Å². The lowest BCUT2D eigenvalue weighted by molar-refractivity contribution is -0.131. The summed E-state index contributed by atoms with van der Waals surface area (Å²) in [6, 6.07) is 4.98. The Bertz CT molecular complexity index is 509. The molecular formula is C13H14ClNO3. The smallest absolute Gasteiger partial charge is 0.238 e. The number of rotatable bonds is 4. The third-order valence-corrected chi connectivity index (χ3v) is 3.60. The molecule has 1 fully saturated rings. The summed E-state index contributed by atoms with van der Waals surface area (Å²) in [6.07, 6.45) is 1.23. The van der Waals surface area contributed by atoms with E-state index in [9.17, 15) is 9.59 Å². The van der Waals surface area contributed by atoms with Crippen LogP contribution in [0.15, 0.2) is 18.2 Å². The van der Waals surface area contributed by atoms with Crippen molar-refractivity contribution in [3.05, 3.63) is 23.2 Å². The second-order valence-electron chi connectivity index (χ2n) is 4.44. The number of hydrogen-bond acceptors (Lipinski definition) is 3. The van der Waals surface area contributed by atoms with Gasteiger partial charge in [-0.1, -0.05) is 11.6 Å². The number of Topliss-reactive ketones (excluding diaryl/α,β-unsaturated/α-hetero) is 1. The number of nitrogens with one attached hydrogen (secondary N) is 1. The fraction of sp³-hybridized carbons (Fsp3) is 0.385. The number of amides is 1. The van der Waals surface area contributed by atoms with E-state index in [1.807, 2.05) is 0 Å². The van der Waals surface area contributed by atoms with Gasteiger partial charge in [0.25, 0.3) is 0 Å². The molecule has 0 radical (unpaired) electrons. The van der Waals surface area contributed by atoms with E-state index in [1.165, 1.54) is 6.92 Å². The van der Waals surface area contributed by atoms with E-state index in [0.29, 0.717) is 29.3 Å². The van der Waals surface area contributed by atoms with Gasteiger partial charge in [0.05, 0.1) is 17.8 Å². The first-order chi connectivity index (χ1) is 8.49. The number of ether oxygens (including phenoxy) is 1. The average Bonchev–Trinajstić information content (AvgIpc) is 3.12. The number of halogens is 1. The van der Waals surface area contributed by atoms with Gasteiger partial charge in [-0.2, -0.15) is 0 Å². The maximum Gasteiger partial charge on any atom is 0.238 e. The normalized spacial score (nSPS) is 15.9. The first kappa shape index (κ1) is 12.9. The van der Waals surface area contributed by atoms with Crippen molar-refractivity contribution in [2.45, 2.75) is 19.8 Å². The summed E-state index contributed by atoms with van der Waals surface area (Å²) in [5.74, 6) is 0.248. The zero-order valence-electron chi connectivity index (χ0n) is 10.2. The predicted molar refractivity (Wildman–Crippen MR) is 69.0 cm³/mol. The highest BCUT2D eigenvalue weighted by molar-refractivity contribution is 6.34. The van der Waals surface area contributed by atoms with E-state index in [4.69, 9.17) is 16.3 Å². The number of carbonyl (C=O) groups is 2. The topological polar surface area (TPSA) is 55.4 Å². The Morgan fingerprint density at radius 1 is 1.39 bits per heavy atom. The minimum absolute atomic E-state index is 0.0929. The molecule has 1 aliphatic rings. The molecule has 1 amide bonds. The Kier molecular flexibility index (Phi) is 3.30. The van der Waals surface area contributed by atoms with E-state index >= 15 is 0 Å². The Morgan fingerprint density at radius 2 is 2.06 bits per heavy atom. The third-order valence-electron chi connectivity index (χ3n) is 3.28. The molecule has 5 heteroatoms. The standard InChI is InChI=1S/C13H14ClNO3/c1-8(16)13(5-6-13)12(17)15-11-4-3-9(18-2)7-10(11)14/h3-4,7H,5-6H2,1-2H3,(H,15,17). The van der Waals surface area contributed by atoms with Crippen LogP contribution in [0.1, 0.15) is 19.8 Å². The maximum absolute atomic E-state index is 12.0. The summed E-state index contributed by atoms with van der Waals surface area (Å²) >= 11 is 6.02. The fourth-order valence-corrected chi connectivity index (χ4v) is 2.05. The molecule has 4 nitrogen and oxygen atoms in total. The molecule has 1 N–H and O–H groups in total. The number of carbonyl (C=O) groups excluding carboxylic acids is 2. The van der Waals surface area contributed by atoms with Crippen LogP contribution in [-0.4, -0.2) is 18.8 Å². The molecule has 1 aromatic rings. The summed E-state index contributed by atoms with van der Waals surface area (Å²) in [6.45, 7) is 1.45. The molecule has 0 aliphatic heterocycles. The van der Waals surface area contributed by atoms with Gasteiger partial charge in [0.15, 0.2) is 0 Å². The van der Waals surface area contributed by atoms with Crippen LogP contribution in [0, 0.1) is 5.41 Å². The molecule has 0 heterocycles. The lowest BCUT2D eigenvalue weighted by Crippen LogP contribution is -2.29. The van der Waals surface area contributed by atoms with Crippen LogP contribution >= 0.6 is 11.6 Å². The zero-order valence-corrected chi connectivity index (χ0v) is 11.0. The summed E-state index contributed by atoms with van der Waals surface area (Å²) in [7, 11) is 1.54. The Morgan fingerprint density at radius 3 is 2.50 bits per heavy atom. The van der Waals surface area contributed by atoms with Gasteiger partial charge in [0.2, 0.25) is 5.91 Å². The Hall–Kier alpha value is -1.55. The molecule has 1 saturated carbocycles. The lowest BCUT2D eigenvalue weighted by Gasteiger charge is -2.13. The van der Waals surface area contributed by atoms with Crippen molar-refractivity contribution in [2.75, 3.05) is 12.4 Å². The van der Waals surface area contributed by atoms with Gasteiger partial charge in [-0.3, -0.25) is 9.59 Å². The number of anilines is 1. The van der Waals surface area contributed by atoms with Crippen LogP contribution in [0.2, 0.25) is 5.02 Å². The predicted octanol–water partition coefficient (Wildman–Crippen LogP) is 2.66. The van der Waals surface area contributed by atoms with Crippen molar-refractivity contribution in [3.8, 4) is 5.75 Å². The SMILES string of the molecule is COc1ccc(NC(=O)C2(C(C)=O)CC2)c(Cl)c1. The molecule has 0 unspecified atom stereocenters. The molecule has 96 valence electrons. The van der Waals surface area contributed by atoms with E-state index < -0.39 is 5.41 Å². The van der Waals surface area contributed by atoms with Gasteiger partial charge >= 0.3 is 0 Å². The molecule has 1 aliphatic carbocycles. The van der Waals surface area contributed by atoms with Crippen molar-refractivity contribution in [1.82, 2.24) is 0 Å². The fourth-order valence-electron chi connectivity index (χ4n) is 1.83. The highest BCUT2D eigenvalue weighted by atomic mass is 35.5. The molecule has 2 rings (SSSR count). The van der Waals surface area contributed by atoms with Crippen molar-refractivity contribution in [2.24, 2.45) is 5.41 Å². The van der Waals surface area contributed by atoms with E-state index in [2.05, 4.69) is 5.32 Å². The quantitative estimate of drug-likeness (QED) is 0.854. The summed E-state index contributed by atoms with van der Waals surface area (Å²) < 4.78 is 5.02. The second-order valence-corrected chi connectivity index (χ2v) is 4.85. The van der Waals surface area contributed by atoms with Gasteiger partial charge in [-0.25, -0.2) is 0 Å². The summed E-state index contributed by atoms with van der Waals surface area (Å²) in [5.41, 5.74) is -0.335. The van der Waals surface area contributed by atoms with Crippen LogP contribution in [0.4, 0.5) is 5.69 Å². The lowest BCUT2D eigenvalue weighted by atomic mass is 10.0. The molecule has 1 aromatic carbocycles. The minimum Gasteiger partial charge on any atom is -0.497 e. The van der Waals surface area contributed by atoms with Crippen molar-refractivity contribution in [1.29, 1.82) is 0 Å². The number of methoxy groups -OCH3 is 1. The highest BCUT2D eigenvalue weighted by Crippen LogP contribution is 2.47. The van der Waals surface area contributed by atoms with Crippen LogP contribution < -0.4 is 10.1 Å². The van der Waals surface area contributed by atoms with E-state index in [0.717, 1.165) is 0 Å². The summed E-state index contributed by atoms with van der Waals surface area (Å²) in [4.78, 5) is 23.5. The van der Waals surface area contributed by atoms with Crippen molar-refractivity contribution < 1.29 is 14.3 Å². The van der Waals surface area contributed by atoms with Crippen LogP contribution in [0.5, 0.6) is 5.75 Å². The van der Waals surface area contributed by atoms with Gasteiger partial charge in [0.1, 0.15) is 16.9 Å². The van der Waals surface area contributed by atoms with Gasteiger partial charge < -0.3 is 10.1 Å². The second kappa shape index (κ2) is 4.61. The third kappa shape index (κ3) is 2.20. The average molecular weight is 268 g/mol. The Labute approximate surface area is 110 Å². The first-order valence-electron chi connectivity index (χ1n) is 5.65. The molecule has 0 aromatic heterocycles. The van der Waals surface area contributed by atoms with Gasteiger partial charge in [0, 0.05) is 6.07 Å². The maximum atomic E-state index is 12.0. The largest absolute Gasteiger partial charge is 0.497 e. The molecule has 0 bridgehead atoms. The van der Waals surface area contributed by atoms with E-state index in [-0.39, 0.29) is 11.7 Å². The van der Waals surface area contributed by atoms with Crippen molar-refractivity contribution in [3.63, 3.8) is 0 Å². The molecule has 0 spiro atoms. The zero-order chi connectivity index (χ0) is 13.3. The van der Waals surface area contributed by atoms with Crippen molar-refractivity contribution >= 4 is 29.0 Å². The van der Waals surface area contributed by atoms with E-state index in [1.54, 1.807) is 25.3 Å². The van der Waals surface area contributed by atoms with Crippen LogP contribution in [-0.2, 0) is 9.59 Å². The molecule has 0 atom stereocenters. The first-order valence-corrected chi connectivity index (χ1v) is 6.03. The molecule has 18 heavy (non-hydrogen) atoms. The number of hydrogen-bond donors (Lipinski definition) is 1. The molecular weight excluding hydrogens is 254 g/mol. The number of benzene rings is 1. The Balaban J connectivity index is 2.15. The van der Waals surface area contributed by atoms with Gasteiger partial charge in [-0.15, -0.1) is 0 Å². The highest BCUT2D eigenvalue weighted by Gasteiger charge is 2.54.